The van der Waals surface area contributed by atoms with E-state index in [0.29, 0.717) is 22.9 Å². The summed E-state index contributed by atoms with van der Waals surface area (Å²) in [7, 11) is 0. The number of nitrogens with zero attached hydrogens (tertiary/aromatic N) is 6. The zero-order valence-electron chi connectivity index (χ0n) is 14.5. The molecule has 4 rings (SSSR count). The first-order chi connectivity index (χ1) is 12.6. The van der Waals surface area contributed by atoms with Gasteiger partial charge in [0.15, 0.2) is 16.8 Å². The normalized spacial score (nSPS) is 11.5. The summed E-state index contributed by atoms with van der Waals surface area (Å²) in [5, 5.41) is 13.8. The van der Waals surface area contributed by atoms with Crippen molar-refractivity contribution in [3.05, 3.63) is 51.7 Å². The summed E-state index contributed by atoms with van der Waals surface area (Å²) in [5.41, 5.74) is 3.73. The second-order valence-electron chi connectivity index (χ2n) is 6.03. The van der Waals surface area contributed by atoms with E-state index in [4.69, 9.17) is 11.6 Å². The molecule has 0 amide bonds. The topological polar surface area (TPSA) is 78.0 Å². The Balaban J connectivity index is 2.03. The van der Waals surface area contributed by atoms with Gasteiger partial charge in [-0.1, -0.05) is 37.6 Å². The van der Waals surface area contributed by atoms with Crippen LogP contribution in [0.1, 0.15) is 26.0 Å². The van der Waals surface area contributed by atoms with Crippen LogP contribution >= 0.6 is 11.6 Å². The summed E-state index contributed by atoms with van der Waals surface area (Å²) in [6.07, 6.45) is 3.10. The van der Waals surface area contributed by atoms with Crippen LogP contribution < -0.4 is 5.56 Å². The molecule has 0 unspecified atom stereocenters. The molecular weight excluding hydrogens is 352 g/mol. The van der Waals surface area contributed by atoms with E-state index >= 15 is 0 Å². The number of halogens is 1. The van der Waals surface area contributed by atoms with E-state index in [0.717, 1.165) is 29.7 Å². The van der Waals surface area contributed by atoms with Crippen molar-refractivity contribution >= 4 is 28.4 Å². The average Bonchev–Trinajstić information content (AvgIpc) is 3.04. The van der Waals surface area contributed by atoms with Gasteiger partial charge in [0.05, 0.1) is 11.3 Å². The molecule has 0 aliphatic heterocycles. The third-order valence-corrected chi connectivity index (χ3v) is 4.56. The molecule has 0 spiro atoms. The molecule has 0 saturated heterocycles. The maximum atomic E-state index is 12.6. The smallest absolute Gasteiger partial charge is 0.283 e. The number of rotatable bonds is 4. The van der Waals surface area contributed by atoms with E-state index in [2.05, 4.69) is 20.3 Å². The molecule has 0 fully saturated rings. The van der Waals surface area contributed by atoms with E-state index in [1.807, 2.05) is 38.1 Å². The average molecular weight is 369 g/mol. The zero-order chi connectivity index (χ0) is 18.3. The van der Waals surface area contributed by atoms with E-state index in [-0.39, 0.29) is 11.1 Å². The highest BCUT2D eigenvalue weighted by atomic mass is 35.5. The maximum Gasteiger partial charge on any atom is 0.283 e. The van der Waals surface area contributed by atoms with Crippen LogP contribution in [0.25, 0.3) is 27.9 Å². The Morgan fingerprint density at radius 3 is 2.54 bits per heavy atom. The molecule has 0 aliphatic rings. The zero-order valence-corrected chi connectivity index (χ0v) is 15.2. The van der Waals surface area contributed by atoms with Gasteiger partial charge < -0.3 is 0 Å². The van der Waals surface area contributed by atoms with Crippen molar-refractivity contribution in [3.63, 3.8) is 0 Å². The lowest BCUT2D eigenvalue weighted by Gasteiger charge is -2.05. The lowest BCUT2D eigenvalue weighted by Crippen LogP contribution is -2.22. The molecule has 0 atom stereocenters. The first-order valence-electron chi connectivity index (χ1n) is 8.53. The van der Waals surface area contributed by atoms with E-state index in [1.165, 1.54) is 0 Å². The molecule has 1 aromatic carbocycles. The highest BCUT2D eigenvalue weighted by molar-refractivity contribution is 6.30. The summed E-state index contributed by atoms with van der Waals surface area (Å²) in [6, 6.07) is 7.51. The second-order valence-corrected chi connectivity index (χ2v) is 6.47. The van der Waals surface area contributed by atoms with Crippen molar-refractivity contribution in [2.75, 3.05) is 0 Å². The van der Waals surface area contributed by atoms with Crippen LogP contribution in [0.2, 0.25) is 5.02 Å². The Morgan fingerprint density at radius 1 is 1.08 bits per heavy atom. The fourth-order valence-corrected chi connectivity index (χ4v) is 3.19. The van der Waals surface area contributed by atoms with Gasteiger partial charge in [0.1, 0.15) is 6.33 Å². The monoisotopic (exact) mass is 368 g/mol. The molecule has 0 saturated carbocycles. The van der Waals surface area contributed by atoms with Crippen molar-refractivity contribution in [1.82, 2.24) is 29.4 Å². The van der Waals surface area contributed by atoms with Crippen LogP contribution in [-0.4, -0.2) is 29.4 Å². The van der Waals surface area contributed by atoms with Crippen LogP contribution in [0.15, 0.2) is 35.4 Å². The third-order valence-electron chi connectivity index (χ3n) is 4.31. The van der Waals surface area contributed by atoms with Crippen LogP contribution in [0.4, 0.5) is 0 Å². The van der Waals surface area contributed by atoms with Gasteiger partial charge in [0.25, 0.3) is 5.56 Å². The first kappa shape index (κ1) is 16.7. The molecule has 0 N–H and O–H groups in total. The van der Waals surface area contributed by atoms with Gasteiger partial charge in [-0.15, -0.1) is 10.2 Å². The summed E-state index contributed by atoms with van der Waals surface area (Å²) in [6.45, 7) is 4.63. The molecule has 26 heavy (non-hydrogen) atoms. The number of aromatic nitrogens is 6. The Kier molecular flexibility index (Phi) is 4.16. The second kappa shape index (κ2) is 6.49. The number of benzene rings is 1. The number of hydrogen-bond donors (Lipinski definition) is 0. The highest BCUT2D eigenvalue weighted by Crippen LogP contribution is 2.29. The molecular formula is C18H17ClN6O. The Hall–Kier alpha value is -2.80. The van der Waals surface area contributed by atoms with Gasteiger partial charge in [0, 0.05) is 11.6 Å². The summed E-state index contributed by atoms with van der Waals surface area (Å²) in [5.74, 6) is 0. The molecule has 132 valence electrons. The SMILES string of the molecule is CCCn1cnc2c(nnc3c(-c4ccc(Cl)cc4)c(CC)nn32)c1=O. The minimum Gasteiger partial charge on any atom is -0.297 e. The van der Waals surface area contributed by atoms with Gasteiger partial charge in [-0.05, 0) is 30.5 Å². The van der Waals surface area contributed by atoms with E-state index in [1.54, 1.807) is 15.4 Å². The summed E-state index contributed by atoms with van der Waals surface area (Å²) >= 11 is 6.01. The standard InChI is InChI=1S/C18H17ClN6O/c1-3-9-24-10-20-17-15(18(24)26)21-22-16-14(13(4-2)23-25(16)17)11-5-7-12(19)8-6-11/h5-8,10H,3-4,9H2,1-2H3. The molecule has 3 heterocycles. The minimum absolute atomic E-state index is 0.201. The van der Waals surface area contributed by atoms with Crippen molar-refractivity contribution in [2.24, 2.45) is 0 Å². The highest BCUT2D eigenvalue weighted by Gasteiger charge is 2.19. The molecule has 0 radical (unpaired) electrons. The van der Waals surface area contributed by atoms with Gasteiger partial charge >= 0.3 is 0 Å². The van der Waals surface area contributed by atoms with Crippen molar-refractivity contribution in [2.45, 2.75) is 33.2 Å². The van der Waals surface area contributed by atoms with Gasteiger partial charge in [-0.2, -0.15) is 9.61 Å². The van der Waals surface area contributed by atoms with Gasteiger partial charge in [0.2, 0.25) is 0 Å². The fourth-order valence-electron chi connectivity index (χ4n) is 3.06. The van der Waals surface area contributed by atoms with Crippen LogP contribution in [0.3, 0.4) is 0 Å². The number of hydrogen-bond acceptors (Lipinski definition) is 5. The van der Waals surface area contributed by atoms with Crippen LogP contribution in [-0.2, 0) is 13.0 Å². The Bertz CT molecular complexity index is 1160. The van der Waals surface area contributed by atoms with Crippen molar-refractivity contribution in [1.29, 1.82) is 0 Å². The Labute approximate surface area is 154 Å². The predicted octanol–water partition coefficient (Wildman–Crippen LogP) is 3.13. The van der Waals surface area contributed by atoms with Gasteiger partial charge in [-0.3, -0.25) is 9.36 Å². The molecule has 7 nitrogen and oxygen atoms in total. The quantitative estimate of drug-likeness (QED) is 0.553. The first-order valence-corrected chi connectivity index (χ1v) is 8.91. The van der Waals surface area contributed by atoms with Crippen LogP contribution in [0.5, 0.6) is 0 Å². The summed E-state index contributed by atoms with van der Waals surface area (Å²) in [4.78, 5) is 17.0. The van der Waals surface area contributed by atoms with Gasteiger partial charge in [-0.25, -0.2) is 4.98 Å². The van der Waals surface area contributed by atoms with Crippen LogP contribution in [0, 0.1) is 0 Å². The van der Waals surface area contributed by atoms with E-state index < -0.39 is 0 Å². The molecule has 3 aromatic heterocycles. The fraction of sp³-hybridized carbons (Fsp3) is 0.278. The molecule has 8 heteroatoms. The Morgan fingerprint density at radius 2 is 1.85 bits per heavy atom. The minimum atomic E-state index is -0.201. The maximum absolute atomic E-state index is 12.6. The lowest BCUT2D eigenvalue weighted by molar-refractivity contribution is 0.643. The largest absolute Gasteiger partial charge is 0.297 e. The van der Waals surface area contributed by atoms with Crippen molar-refractivity contribution in [3.8, 4) is 11.1 Å². The summed E-state index contributed by atoms with van der Waals surface area (Å²) < 4.78 is 3.16. The third kappa shape index (κ3) is 2.55. The number of aryl methyl sites for hydroxylation is 2. The predicted molar refractivity (Wildman–Crippen MR) is 100 cm³/mol. The number of fused-ring (bicyclic) bond motifs is 3. The molecule has 4 aromatic rings. The molecule has 0 aliphatic carbocycles. The van der Waals surface area contributed by atoms with E-state index in [9.17, 15) is 4.79 Å². The molecule has 0 bridgehead atoms. The lowest BCUT2D eigenvalue weighted by atomic mass is 10.0. The van der Waals surface area contributed by atoms with Crippen molar-refractivity contribution < 1.29 is 0 Å².